The van der Waals surface area contributed by atoms with Crippen molar-refractivity contribution < 1.29 is 0 Å². The summed E-state index contributed by atoms with van der Waals surface area (Å²) in [6.07, 6.45) is 5.29. The molecular formula is C7H9BrN4. The van der Waals surface area contributed by atoms with Gasteiger partial charge in [-0.05, 0) is 6.08 Å². The molecule has 4 N–H and O–H groups in total. The minimum atomic E-state index is 0.269. The van der Waals surface area contributed by atoms with Crippen molar-refractivity contribution in [3.05, 3.63) is 18.0 Å². The molecule has 0 aliphatic rings. The summed E-state index contributed by atoms with van der Waals surface area (Å²) in [7, 11) is 0. The lowest BCUT2D eigenvalue weighted by molar-refractivity contribution is 1.20. The second-order valence-electron chi connectivity index (χ2n) is 2.12. The van der Waals surface area contributed by atoms with E-state index in [1.54, 1.807) is 6.20 Å². The third-order valence-electron chi connectivity index (χ3n) is 1.23. The number of alkyl halides is 1. The molecule has 1 aromatic heterocycles. The SMILES string of the molecule is Nc1ncc(C=CCBr)nc1N. The van der Waals surface area contributed by atoms with Crippen LogP contribution in [0.1, 0.15) is 5.69 Å². The standard InChI is InChI=1S/C7H9BrN4/c8-3-1-2-5-4-11-6(9)7(10)12-5/h1-2,4H,3H2,(H2,9,11)(H2,10,12). The number of hydrogen-bond donors (Lipinski definition) is 2. The summed E-state index contributed by atoms with van der Waals surface area (Å²) in [5.41, 5.74) is 11.5. The molecule has 0 amide bonds. The van der Waals surface area contributed by atoms with Gasteiger partial charge >= 0.3 is 0 Å². The van der Waals surface area contributed by atoms with Gasteiger partial charge < -0.3 is 11.5 Å². The van der Waals surface area contributed by atoms with Crippen molar-refractivity contribution in [1.29, 1.82) is 0 Å². The maximum Gasteiger partial charge on any atom is 0.166 e. The number of nitrogen functional groups attached to an aromatic ring is 2. The van der Waals surface area contributed by atoms with Gasteiger partial charge in [-0.2, -0.15) is 0 Å². The average Bonchev–Trinajstić information content (AvgIpc) is 2.07. The number of aromatic nitrogens is 2. The summed E-state index contributed by atoms with van der Waals surface area (Å²) in [5, 5.41) is 0.777. The monoisotopic (exact) mass is 228 g/mol. The molecule has 0 atom stereocenters. The molecule has 0 fully saturated rings. The Labute approximate surface area is 78.8 Å². The Morgan fingerprint density at radius 2 is 2.17 bits per heavy atom. The number of allylic oxidation sites excluding steroid dienone is 1. The van der Waals surface area contributed by atoms with Gasteiger partial charge in [0.25, 0.3) is 0 Å². The topological polar surface area (TPSA) is 77.8 Å². The van der Waals surface area contributed by atoms with Gasteiger partial charge in [0.05, 0.1) is 11.9 Å². The molecule has 0 unspecified atom stereocenters. The molecule has 0 saturated carbocycles. The Kier molecular flexibility index (Phi) is 3.04. The van der Waals surface area contributed by atoms with E-state index in [0.717, 1.165) is 5.33 Å². The molecule has 0 spiro atoms. The summed E-state index contributed by atoms with van der Waals surface area (Å²) in [6, 6.07) is 0. The Bertz CT molecular complexity index is 297. The third kappa shape index (κ3) is 2.20. The van der Waals surface area contributed by atoms with E-state index < -0.39 is 0 Å². The van der Waals surface area contributed by atoms with Gasteiger partial charge in [0, 0.05) is 5.33 Å². The zero-order valence-electron chi connectivity index (χ0n) is 6.37. The van der Waals surface area contributed by atoms with Gasteiger partial charge in [-0.25, -0.2) is 9.97 Å². The van der Waals surface area contributed by atoms with Crippen LogP contribution in [0.2, 0.25) is 0 Å². The number of nitrogens with zero attached hydrogens (tertiary/aromatic N) is 2. The maximum atomic E-state index is 5.45. The van der Waals surface area contributed by atoms with Crippen molar-refractivity contribution in [2.75, 3.05) is 16.8 Å². The largest absolute Gasteiger partial charge is 0.381 e. The second-order valence-corrected chi connectivity index (χ2v) is 2.77. The lowest BCUT2D eigenvalue weighted by Crippen LogP contribution is -2.01. The quantitative estimate of drug-likeness (QED) is 0.743. The lowest BCUT2D eigenvalue weighted by Gasteiger charge is -1.97. The van der Waals surface area contributed by atoms with Crippen LogP contribution in [0.3, 0.4) is 0 Å². The van der Waals surface area contributed by atoms with Gasteiger partial charge in [0.1, 0.15) is 0 Å². The maximum absolute atomic E-state index is 5.45. The Morgan fingerprint density at radius 3 is 2.75 bits per heavy atom. The van der Waals surface area contributed by atoms with E-state index in [0.29, 0.717) is 5.69 Å². The first-order valence-corrected chi connectivity index (χ1v) is 4.46. The van der Waals surface area contributed by atoms with Gasteiger partial charge in [0.15, 0.2) is 11.6 Å². The van der Waals surface area contributed by atoms with Crippen molar-refractivity contribution in [2.24, 2.45) is 0 Å². The average molecular weight is 229 g/mol. The van der Waals surface area contributed by atoms with Gasteiger partial charge in [0.2, 0.25) is 0 Å². The van der Waals surface area contributed by atoms with E-state index in [-0.39, 0.29) is 11.6 Å². The van der Waals surface area contributed by atoms with Crippen molar-refractivity contribution in [2.45, 2.75) is 0 Å². The van der Waals surface area contributed by atoms with Crippen LogP contribution in [0, 0.1) is 0 Å². The highest BCUT2D eigenvalue weighted by molar-refractivity contribution is 9.09. The second kappa shape index (κ2) is 4.06. The van der Waals surface area contributed by atoms with Crippen molar-refractivity contribution in [3.8, 4) is 0 Å². The molecule has 4 nitrogen and oxygen atoms in total. The number of hydrogen-bond acceptors (Lipinski definition) is 4. The molecule has 64 valence electrons. The van der Waals surface area contributed by atoms with E-state index in [2.05, 4.69) is 25.9 Å². The lowest BCUT2D eigenvalue weighted by atomic mass is 10.4. The molecule has 0 bridgehead atoms. The van der Waals surface area contributed by atoms with Crippen molar-refractivity contribution in [1.82, 2.24) is 9.97 Å². The highest BCUT2D eigenvalue weighted by atomic mass is 79.9. The van der Waals surface area contributed by atoms with Crippen LogP contribution < -0.4 is 11.5 Å². The molecule has 0 saturated heterocycles. The summed E-state index contributed by atoms with van der Waals surface area (Å²) in [6.45, 7) is 0. The molecule has 12 heavy (non-hydrogen) atoms. The minimum absolute atomic E-state index is 0.269. The van der Waals surface area contributed by atoms with Gasteiger partial charge in [-0.3, -0.25) is 0 Å². The number of rotatable bonds is 2. The number of nitrogens with two attached hydrogens (primary N) is 2. The fourth-order valence-corrected chi connectivity index (χ4v) is 0.860. The van der Waals surface area contributed by atoms with E-state index in [9.17, 15) is 0 Å². The first-order valence-electron chi connectivity index (χ1n) is 3.34. The molecule has 1 aromatic rings. The van der Waals surface area contributed by atoms with Crippen LogP contribution in [0.5, 0.6) is 0 Å². The van der Waals surface area contributed by atoms with Crippen LogP contribution in [0.25, 0.3) is 6.08 Å². The van der Waals surface area contributed by atoms with Crippen molar-refractivity contribution in [3.63, 3.8) is 0 Å². The van der Waals surface area contributed by atoms with Crippen LogP contribution in [0.4, 0.5) is 11.6 Å². The van der Waals surface area contributed by atoms with E-state index in [1.165, 1.54) is 0 Å². The smallest absolute Gasteiger partial charge is 0.166 e. The predicted molar refractivity (Wildman–Crippen MR) is 53.7 cm³/mol. The van der Waals surface area contributed by atoms with Gasteiger partial charge in [-0.15, -0.1) is 0 Å². The summed E-state index contributed by atoms with van der Waals surface area (Å²) < 4.78 is 0. The van der Waals surface area contributed by atoms with Crippen LogP contribution in [-0.2, 0) is 0 Å². The normalized spacial score (nSPS) is 10.8. The third-order valence-corrected chi connectivity index (χ3v) is 1.60. The number of halogens is 1. The Hall–Kier alpha value is -1.10. The van der Waals surface area contributed by atoms with E-state index >= 15 is 0 Å². The summed E-state index contributed by atoms with van der Waals surface area (Å²) in [4.78, 5) is 7.85. The predicted octanol–water partition coefficient (Wildman–Crippen LogP) is 1.05. The minimum Gasteiger partial charge on any atom is -0.381 e. The zero-order valence-corrected chi connectivity index (χ0v) is 7.95. The molecule has 0 aromatic carbocycles. The van der Waals surface area contributed by atoms with Gasteiger partial charge in [-0.1, -0.05) is 22.0 Å². The van der Waals surface area contributed by atoms with E-state index in [1.807, 2.05) is 12.2 Å². The molecular weight excluding hydrogens is 220 g/mol. The molecule has 1 heterocycles. The Balaban J connectivity index is 2.89. The van der Waals surface area contributed by atoms with Crippen LogP contribution >= 0.6 is 15.9 Å². The van der Waals surface area contributed by atoms with Crippen LogP contribution in [-0.4, -0.2) is 15.3 Å². The molecule has 0 radical (unpaired) electrons. The molecule has 0 aliphatic heterocycles. The fourth-order valence-electron chi connectivity index (χ4n) is 0.673. The number of anilines is 2. The Morgan fingerprint density at radius 1 is 1.42 bits per heavy atom. The first-order chi connectivity index (χ1) is 5.74. The zero-order chi connectivity index (χ0) is 8.97. The first kappa shape index (κ1) is 8.99. The van der Waals surface area contributed by atoms with Crippen molar-refractivity contribution >= 4 is 33.6 Å². The highest BCUT2D eigenvalue weighted by Crippen LogP contribution is 2.08. The highest BCUT2D eigenvalue weighted by Gasteiger charge is 1.96. The van der Waals surface area contributed by atoms with Crippen LogP contribution in [0.15, 0.2) is 12.3 Å². The summed E-state index contributed by atoms with van der Waals surface area (Å²) >= 11 is 3.25. The fraction of sp³-hybridized carbons (Fsp3) is 0.143. The summed E-state index contributed by atoms with van der Waals surface area (Å²) in [5.74, 6) is 0.540. The van der Waals surface area contributed by atoms with E-state index in [4.69, 9.17) is 11.5 Å². The molecule has 5 heteroatoms. The molecule has 1 rings (SSSR count). The molecule has 0 aliphatic carbocycles.